The Bertz CT molecular complexity index is 610. The van der Waals surface area contributed by atoms with E-state index in [1.807, 2.05) is 12.1 Å². The van der Waals surface area contributed by atoms with Crippen molar-refractivity contribution in [3.63, 3.8) is 0 Å². The van der Waals surface area contributed by atoms with Crippen LogP contribution in [-0.2, 0) is 9.53 Å². The number of hydrogen-bond acceptors (Lipinski definition) is 6. The Kier molecular flexibility index (Phi) is 4.21. The molecule has 1 aliphatic rings. The van der Waals surface area contributed by atoms with Crippen molar-refractivity contribution in [2.45, 2.75) is 25.9 Å². The van der Waals surface area contributed by atoms with Crippen molar-refractivity contribution in [1.82, 2.24) is 15.2 Å². The largest absolute Gasteiger partial charge is 0.376 e. The number of carbonyl (C=O) groups is 1. The average molecular weight is 304 g/mol. The first-order valence-electron chi connectivity index (χ1n) is 6.87. The molecular formula is C14H16N4O2S. The van der Waals surface area contributed by atoms with E-state index < -0.39 is 0 Å². The molecule has 110 valence electrons. The van der Waals surface area contributed by atoms with Crippen LogP contribution in [0.15, 0.2) is 24.5 Å². The van der Waals surface area contributed by atoms with Crippen LogP contribution in [0.5, 0.6) is 0 Å². The van der Waals surface area contributed by atoms with Gasteiger partial charge in [-0.1, -0.05) is 11.3 Å². The van der Waals surface area contributed by atoms with Gasteiger partial charge in [0.1, 0.15) is 5.01 Å². The zero-order chi connectivity index (χ0) is 14.7. The number of hydrogen-bond donors (Lipinski definition) is 0. The van der Waals surface area contributed by atoms with Crippen molar-refractivity contribution in [3.8, 4) is 10.6 Å². The maximum atomic E-state index is 11.9. The SMILES string of the molecule is CC(=O)N(CC1CCCO1)c1nnc(-c2ccncc2)s1. The number of ether oxygens (including phenoxy) is 1. The van der Waals surface area contributed by atoms with E-state index in [0.29, 0.717) is 11.7 Å². The van der Waals surface area contributed by atoms with Gasteiger partial charge in [-0.2, -0.15) is 0 Å². The summed E-state index contributed by atoms with van der Waals surface area (Å²) >= 11 is 1.41. The van der Waals surface area contributed by atoms with Crippen LogP contribution < -0.4 is 4.90 Å². The average Bonchev–Trinajstić information content (AvgIpc) is 3.17. The smallest absolute Gasteiger partial charge is 0.225 e. The molecule has 1 aliphatic heterocycles. The van der Waals surface area contributed by atoms with E-state index in [-0.39, 0.29) is 12.0 Å². The molecule has 2 aromatic rings. The lowest BCUT2D eigenvalue weighted by molar-refractivity contribution is -0.116. The van der Waals surface area contributed by atoms with Crippen LogP contribution in [0, 0.1) is 0 Å². The highest BCUT2D eigenvalue weighted by Gasteiger charge is 2.24. The first kappa shape index (κ1) is 14.1. The molecule has 21 heavy (non-hydrogen) atoms. The predicted molar refractivity (Wildman–Crippen MR) is 80.1 cm³/mol. The van der Waals surface area contributed by atoms with Gasteiger partial charge in [0.25, 0.3) is 0 Å². The van der Waals surface area contributed by atoms with Gasteiger partial charge in [-0.25, -0.2) is 0 Å². The van der Waals surface area contributed by atoms with Gasteiger partial charge in [-0.05, 0) is 25.0 Å². The van der Waals surface area contributed by atoms with Gasteiger partial charge < -0.3 is 4.74 Å². The summed E-state index contributed by atoms with van der Waals surface area (Å²) in [5.74, 6) is -0.0390. The van der Waals surface area contributed by atoms with Crippen LogP contribution in [-0.4, -0.2) is 40.3 Å². The second kappa shape index (κ2) is 6.28. The summed E-state index contributed by atoms with van der Waals surface area (Å²) in [5.41, 5.74) is 0.953. The highest BCUT2D eigenvalue weighted by Crippen LogP contribution is 2.29. The maximum Gasteiger partial charge on any atom is 0.225 e. The lowest BCUT2D eigenvalue weighted by Crippen LogP contribution is -2.35. The van der Waals surface area contributed by atoms with Gasteiger partial charge in [0.05, 0.1) is 12.6 Å². The second-order valence-electron chi connectivity index (χ2n) is 4.89. The van der Waals surface area contributed by atoms with Crippen LogP contribution in [0.1, 0.15) is 19.8 Å². The standard InChI is InChI=1S/C14H16N4O2S/c1-10(19)18(9-12-3-2-8-20-12)14-17-16-13(21-14)11-4-6-15-7-5-11/h4-7,12H,2-3,8-9H2,1H3. The molecule has 0 saturated carbocycles. The fraction of sp³-hybridized carbons (Fsp3) is 0.429. The van der Waals surface area contributed by atoms with E-state index in [0.717, 1.165) is 30.0 Å². The molecule has 1 amide bonds. The maximum absolute atomic E-state index is 11.9. The molecule has 3 heterocycles. The summed E-state index contributed by atoms with van der Waals surface area (Å²) in [6.07, 6.45) is 5.56. The van der Waals surface area contributed by atoms with Crippen molar-refractivity contribution < 1.29 is 9.53 Å². The molecule has 0 N–H and O–H groups in total. The van der Waals surface area contributed by atoms with Crippen LogP contribution >= 0.6 is 11.3 Å². The number of pyridine rings is 1. The van der Waals surface area contributed by atoms with Crippen LogP contribution in [0.3, 0.4) is 0 Å². The molecule has 6 nitrogen and oxygen atoms in total. The van der Waals surface area contributed by atoms with E-state index >= 15 is 0 Å². The second-order valence-corrected chi connectivity index (χ2v) is 5.85. The molecule has 1 unspecified atom stereocenters. The van der Waals surface area contributed by atoms with Gasteiger partial charge in [0.15, 0.2) is 0 Å². The first-order chi connectivity index (χ1) is 10.2. The van der Waals surface area contributed by atoms with E-state index in [9.17, 15) is 4.79 Å². The molecule has 0 radical (unpaired) electrons. The molecule has 0 bridgehead atoms. The van der Waals surface area contributed by atoms with Crippen LogP contribution in [0.2, 0.25) is 0 Å². The third kappa shape index (κ3) is 3.25. The molecule has 1 saturated heterocycles. The van der Waals surface area contributed by atoms with E-state index in [4.69, 9.17) is 4.74 Å². The summed E-state index contributed by atoms with van der Waals surface area (Å²) in [6, 6.07) is 3.75. The highest BCUT2D eigenvalue weighted by atomic mass is 32.1. The molecule has 2 aromatic heterocycles. The lowest BCUT2D eigenvalue weighted by Gasteiger charge is -2.20. The van der Waals surface area contributed by atoms with Crippen LogP contribution in [0.25, 0.3) is 10.6 Å². The van der Waals surface area contributed by atoms with Crippen molar-refractivity contribution in [2.24, 2.45) is 0 Å². The first-order valence-corrected chi connectivity index (χ1v) is 7.69. The predicted octanol–water partition coefficient (Wildman–Crippen LogP) is 2.13. The number of aromatic nitrogens is 3. The highest BCUT2D eigenvalue weighted by molar-refractivity contribution is 7.18. The van der Waals surface area contributed by atoms with Crippen molar-refractivity contribution in [2.75, 3.05) is 18.1 Å². The molecule has 7 heteroatoms. The summed E-state index contributed by atoms with van der Waals surface area (Å²) in [6.45, 7) is 2.86. The van der Waals surface area contributed by atoms with Crippen molar-refractivity contribution in [3.05, 3.63) is 24.5 Å². The minimum Gasteiger partial charge on any atom is -0.376 e. The monoisotopic (exact) mass is 304 g/mol. The summed E-state index contributed by atoms with van der Waals surface area (Å²) < 4.78 is 5.60. The third-order valence-corrected chi connectivity index (χ3v) is 4.36. The number of rotatable bonds is 4. The number of amides is 1. The topological polar surface area (TPSA) is 68.2 Å². The van der Waals surface area contributed by atoms with Gasteiger partial charge in [-0.15, -0.1) is 10.2 Å². The zero-order valence-electron chi connectivity index (χ0n) is 11.7. The Balaban J connectivity index is 1.80. The minimum absolute atomic E-state index is 0.0390. The molecule has 0 aliphatic carbocycles. The number of nitrogens with zero attached hydrogens (tertiary/aromatic N) is 4. The van der Waals surface area contributed by atoms with Gasteiger partial charge in [0, 0.05) is 31.5 Å². The van der Waals surface area contributed by atoms with E-state index in [2.05, 4.69) is 15.2 Å². The Hall–Kier alpha value is -1.86. The van der Waals surface area contributed by atoms with Crippen LogP contribution in [0.4, 0.5) is 5.13 Å². The Labute approximate surface area is 126 Å². The van der Waals surface area contributed by atoms with Crippen molar-refractivity contribution >= 4 is 22.4 Å². The Morgan fingerprint density at radius 1 is 1.43 bits per heavy atom. The summed E-state index contributed by atoms with van der Waals surface area (Å²) in [4.78, 5) is 17.5. The summed E-state index contributed by atoms with van der Waals surface area (Å²) in [5, 5.41) is 9.72. The van der Waals surface area contributed by atoms with Gasteiger partial charge >= 0.3 is 0 Å². The fourth-order valence-electron chi connectivity index (χ4n) is 2.27. The summed E-state index contributed by atoms with van der Waals surface area (Å²) in [7, 11) is 0. The molecular weight excluding hydrogens is 288 g/mol. The number of anilines is 1. The normalized spacial score (nSPS) is 17.9. The molecule has 0 aromatic carbocycles. The van der Waals surface area contributed by atoms with E-state index in [1.165, 1.54) is 11.3 Å². The minimum atomic E-state index is -0.0390. The Morgan fingerprint density at radius 3 is 2.90 bits per heavy atom. The fourth-order valence-corrected chi connectivity index (χ4v) is 3.17. The third-order valence-electron chi connectivity index (χ3n) is 3.36. The molecule has 1 fully saturated rings. The molecule has 1 atom stereocenters. The molecule has 3 rings (SSSR count). The number of carbonyl (C=O) groups excluding carboxylic acids is 1. The lowest BCUT2D eigenvalue weighted by atomic mass is 10.2. The van der Waals surface area contributed by atoms with Gasteiger partial charge in [-0.3, -0.25) is 14.7 Å². The zero-order valence-corrected chi connectivity index (χ0v) is 12.5. The van der Waals surface area contributed by atoms with Gasteiger partial charge in [0.2, 0.25) is 11.0 Å². The molecule has 0 spiro atoms. The van der Waals surface area contributed by atoms with Crippen molar-refractivity contribution in [1.29, 1.82) is 0 Å². The Morgan fingerprint density at radius 2 is 2.24 bits per heavy atom. The quantitative estimate of drug-likeness (QED) is 0.865. The van der Waals surface area contributed by atoms with E-state index in [1.54, 1.807) is 24.2 Å².